The minimum atomic E-state index is -4.02. The molecule has 0 aliphatic carbocycles. The van der Waals surface area contributed by atoms with Crippen molar-refractivity contribution in [2.75, 3.05) is 0 Å². The van der Waals surface area contributed by atoms with Gasteiger partial charge in [-0.2, -0.15) is 8.42 Å². The maximum absolute atomic E-state index is 10.5. The molecule has 0 unspecified atom stereocenters. The summed E-state index contributed by atoms with van der Waals surface area (Å²) in [5, 5.41) is 3.36. The third-order valence-electron chi connectivity index (χ3n) is 2.88. The monoisotopic (exact) mass is 321 g/mol. The molecule has 0 spiro atoms. The van der Waals surface area contributed by atoms with Gasteiger partial charge in [-0.3, -0.25) is 4.55 Å². The van der Waals surface area contributed by atoms with Crippen molar-refractivity contribution in [1.29, 1.82) is 0 Å². The lowest BCUT2D eigenvalue weighted by atomic mass is 10.2. The lowest BCUT2D eigenvalue weighted by Crippen LogP contribution is -2.21. The van der Waals surface area contributed by atoms with Crippen LogP contribution in [0.15, 0.2) is 59.5 Å². The highest BCUT2D eigenvalue weighted by Crippen LogP contribution is 2.08. The highest BCUT2D eigenvalue weighted by Gasteiger charge is 2.06. The van der Waals surface area contributed by atoms with Crippen LogP contribution in [0, 0.1) is 6.92 Å². The van der Waals surface area contributed by atoms with Gasteiger partial charge in [0, 0.05) is 12.6 Å². The van der Waals surface area contributed by atoms with Crippen LogP contribution in [0.1, 0.15) is 25.0 Å². The molecule has 2 N–H and O–H groups in total. The maximum Gasteiger partial charge on any atom is 0.294 e. The smallest absolute Gasteiger partial charge is 0.294 e. The summed E-state index contributed by atoms with van der Waals surface area (Å²) in [5.74, 6) is 0. The molecule has 0 aliphatic rings. The quantitative estimate of drug-likeness (QED) is 0.847. The van der Waals surface area contributed by atoms with Crippen LogP contribution in [0.2, 0.25) is 0 Å². The molecule has 22 heavy (non-hydrogen) atoms. The molecule has 0 atom stereocenters. The van der Waals surface area contributed by atoms with Crippen LogP contribution >= 0.6 is 0 Å². The second-order valence-corrected chi connectivity index (χ2v) is 6.73. The first-order valence-corrected chi connectivity index (χ1v) is 8.54. The van der Waals surface area contributed by atoms with Gasteiger partial charge in [0.2, 0.25) is 0 Å². The Morgan fingerprint density at radius 2 is 1.55 bits per heavy atom. The molecule has 4 nitrogen and oxygen atoms in total. The molecule has 2 rings (SSSR count). The summed E-state index contributed by atoms with van der Waals surface area (Å²) in [6, 6.07) is 17.0. The SMILES string of the molecule is CC(C)NCc1ccccc1.Cc1ccc(S(=O)(=O)O)cc1. The van der Waals surface area contributed by atoms with E-state index in [0.717, 1.165) is 12.1 Å². The van der Waals surface area contributed by atoms with E-state index < -0.39 is 10.1 Å². The van der Waals surface area contributed by atoms with E-state index in [1.54, 1.807) is 12.1 Å². The topological polar surface area (TPSA) is 66.4 Å². The Morgan fingerprint density at radius 3 is 2.00 bits per heavy atom. The van der Waals surface area contributed by atoms with Crippen molar-refractivity contribution in [1.82, 2.24) is 5.32 Å². The minimum absolute atomic E-state index is 0.0666. The Balaban J connectivity index is 0.000000220. The lowest BCUT2D eigenvalue weighted by molar-refractivity contribution is 0.483. The van der Waals surface area contributed by atoms with Crippen molar-refractivity contribution >= 4 is 10.1 Å². The van der Waals surface area contributed by atoms with Crippen LogP contribution < -0.4 is 5.32 Å². The molecule has 0 radical (unpaired) electrons. The molecule has 0 saturated heterocycles. The molecule has 0 bridgehead atoms. The van der Waals surface area contributed by atoms with E-state index >= 15 is 0 Å². The lowest BCUT2D eigenvalue weighted by Gasteiger charge is -2.06. The van der Waals surface area contributed by atoms with Gasteiger partial charge in [0.15, 0.2) is 0 Å². The highest BCUT2D eigenvalue weighted by molar-refractivity contribution is 7.85. The maximum atomic E-state index is 10.5. The van der Waals surface area contributed by atoms with Crippen LogP contribution in [0.3, 0.4) is 0 Å². The summed E-state index contributed by atoms with van der Waals surface area (Å²) in [4.78, 5) is -0.0666. The van der Waals surface area contributed by atoms with Gasteiger partial charge in [-0.1, -0.05) is 61.9 Å². The number of rotatable bonds is 4. The molecule has 2 aromatic carbocycles. The van der Waals surface area contributed by atoms with E-state index in [1.807, 2.05) is 13.0 Å². The summed E-state index contributed by atoms with van der Waals surface area (Å²) < 4.78 is 29.6. The fourth-order valence-electron chi connectivity index (χ4n) is 1.63. The summed E-state index contributed by atoms with van der Waals surface area (Å²) >= 11 is 0. The summed E-state index contributed by atoms with van der Waals surface area (Å²) in [6.07, 6.45) is 0. The highest BCUT2D eigenvalue weighted by atomic mass is 32.2. The predicted octanol–water partition coefficient (Wildman–Crippen LogP) is 3.43. The van der Waals surface area contributed by atoms with E-state index in [0.29, 0.717) is 6.04 Å². The summed E-state index contributed by atoms with van der Waals surface area (Å²) in [7, 11) is -4.02. The molecule has 0 amide bonds. The fourth-order valence-corrected chi connectivity index (χ4v) is 2.11. The third kappa shape index (κ3) is 7.36. The van der Waals surface area contributed by atoms with Gasteiger partial charge in [-0.25, -0.2) is 0 Å². The second-order valence-electron chi connectivity index (χ2n) is 5.31. The number of benzene rings is 2. The van der Waals surface area contributed by atoms with Gasteiger partial charge in [0.05, 0.1) is 4.90 Å². The zero-order valence-corrected chi connectivity index (χ0v) is 14.0. The largest absolute Gasteiger partial charge is 0.310 e. The first kappa shape index (κ1) is 18.4. The third-order valence-corrected chi connectivity index (χ3v) is 3.74. The molecule has 5 heteroatoms. The van der Waals surface area contributed by atoms with Crippen LogP contribution in [-0.4, -0.2) is 19.0 Å². The van der Waals surface area contributed by atoms with Crippen molar-refractivity contribution in [3.8, 4) is 0 Å². The Labute approximate surface area is 132 Å². The molecule has 2 aromatic rings. The fraction of sp³-hybridized carbons (Fsp3) is 0.294. The van der Waals surface area contributed by atoms with Gasteiger partial charge >= 0.3 is 0 Å². The average Bonchev–Trinajstić information content (AvgIpc) is 2.46. The number of hydrogen-bond acceptors (Lipinski definition) is 3. The Kier molecular flexibility index (Phi) is 7.24. The number of aryl methyl sites for hydroxylation is 1. The molecule has 0 fully saturated rings. The zero-order valence-electron chi connectivity index (χ0n) is 13.2. The van der Waals surface area contributed by atoms with Crippen molar-refractivity contribution in [3.05, 3.63) is 65.7 Å². The summed E-state index contributed by atoms with van der Waals surface area (Å²) in [6.45, 7) is 7.12. The molecule has 120 valence electrons. The predicted molar refractivity (Wildman–Crippen MR) is 89.4 cm³/mol. The van der Waals surface area contributed by atoms with E-state index in [2.05, 4.69) is 43.4 Å². The minimum Gasteiger partial charge on any atom is -0.310 e. The molecular weight excluding hydrogens is 298 g/mol. The Bertz CT molecular complexity index is 650. The van der Waals surface area contributed by atoms with E-state index in [-0.39, 0.29) is 4.90 Å². The van der Waals surface area contributed by atoms with Gasteiger partial charge in [0.1, 0.15) is 0 Å². The first-order valence-electron chi connectivity index (χ1n) is 7.10. The molecular formula is C17H23NO3S. The van der Waals surface area contributed by atoms with Crippen LogP contribution in [0.25, 0.3) is 0 Å². The number of hydrogen-bond donors (Lipinski definition) is 2. The standard InChI is InChI=1S/C10H15N.C7H8O3S/c1-9(2)11-8-10-6-4-3-5-7-10;1-6-2-4-7(5-3-6)11(8,9)10/h3-7,9,11H,8H2,1-2H3;2-5H,1H3,(H,8,9,10). The normalized spacial score (nSPS) is 11.0. The molecule has 0 aliphatic heterocycles. The molecule has 0 aromatic heterocycles. The van der Waals surface area contributed by atoms with E-state index in [1.165, 1.54) is 17.7 Å². The van der Waals surface area contributed by atoms with Crippen molar-refractivity contribution in [3.63, 3.8) is 0 Å². The van der Waals surface area contributed by atoms with Crippen molar-refractivity contribution in [2.45, 2.75) is 38.3 Å². The van der Waals surface area contributed by atoms with Gasteiger partial charge < -0.3 is 5.32 Å². The Hall–Kier alpha value is -1.69. The summed E-state index contributed by atoms with van der Waals surface area (Å²) in [5.41, 5.74) is 2.30. The van der Waals surface area contributed by atoms with E-state index in [4.69, 9.17) is 4.55 Å². The van der Waals surface area contributed by atoms with Gasteiger partial charge in [0.25, 0.3) is 10.1 Å². The van der Waals surface area contributed by atoms with Crippen LogP contribution in [0.4, 0.5) is 0 Å². The van der Waals surface area contributed by atoms with Gasteiger partial charge in [-0.05, 0) is 24.6 Å². The second kappa shape index (κ2) is 8.68. The zero-order chi connectivity index (χ0) is 16.6. The first-order chi connectivity index (χ1) is 10.3. The molecule has 0 saturated carbocycles. The van der Waals surface area contributed by atoms with Crippen LogP contribution in [-0.2, 0) is 16.7 Å². The Morgan fingerprint density at radius 1 is 1.00 bits per heavy atom. The van der Waals surface area contributed by atoms with Gasteiger partial charge in [-0.15, -0.1) is 0 Å². The van der Waals surface area contributed by atoms with Crippen molar-refractivity contribution in [2.24, 2.45) is 0 Å². The van der Waals surface area contributed by atoms with E-state index in [9.17, 15) is 8.42 Å². The average molecular weight is 321 g/mol. The molecule has 0 heterocycles. The van der Waals surface area contributed by atoms with Crippen LogP contribution in [0.5, 0.6) is 0 Å². The van der Waals surface area contributed by atoms with Crippen molar-refractivity contribution < 1.29 is 13.0 Å². The number of nitrogens with one attached hydrogen (secondary N) is 1.